The highest BCUT2D eigenvalue weighted by Crippen LogP contribution is 2.67. The van der Waals surface area contributed by atoms with Gasteiger partial charge in [0.05, 0.1) is 11.7 Å². The molecule has 0 saturated heterocycles. The molecule has 0 unspecified atom stereocenters. The predicted molar refractivity (Wildman–Crippen MR) is 84.2 cm³/mol. The van der Waals surface area contributed by atoms with E-state index in [-0.39, 0.29) is 16.9 Å². The Morgan fingerprint density at radius 2 is 1.73 bits per heavy atom. The lowest BCUT2D eigenvalue weighted by Gasteiger charge is -2.64. The van der Waals surface area contributed by atoms with Gasteiger partial charge in [0.1, 0.15) is 5.78 Å². The van der Waals surface area contributed by atoms with Crippen molar-refractivity contribution >= 4 is 5.78 Å². The van der Waals surface area contributed by atoms with E-state index in [4.69, 9.17) is 0 Å². The summed E-state index contributed by atoms with van der Waals surface area (Å²) in [4.78, 5) is 11.9. The Balaban J connectivity index is 1.71. The minimum absolute atomic E-state index is 0.00454. The third kappa shape index (κ3) is 1.67. The molecule has 0 amide bonds. The van der Waals surface area contributed by atoms with Crippen LogP contribution in [0.4, 0.5) is 0 Å². The number of ketones is 1. The first kappa shape index (κ1) is 15.1. The van der Waals surface area contributed by atoms with Gasteiger partial charge in [0.2, 0.25) is 0 Å². The van der Waals surface area contributed by atoms with E-state index in [0.29, 0.717) is 36.4 Å². The third-order valence-corrected chi connectivity index (χ3v) is 8.62. The molecule has 3 nitrogen and oxygen atoms in total. The second-order valence-electron chi connectivity index (χ2n) is 9.17. The monoisotopic (exact) mass is 306 g/mol. The summed E-state index contributed by atoms with van der Waals surface area (Å²) >= 11 is 0. The molecule has 7 atom stereocenters. The summed E-state index contributed by atoms with van der Waals surface area (Å²) in [7, 11) is 0. The highest BCUT2D eigenvalue weighted by molar-refractivity contribution is 5.79. The predicted octanol–water partition coefficient (Wildman–Crippen LogP) is 3.07. The van der Waals surface area contributed by atoms with E-state index in [1.165, 1.54) is 0 Å². The number of fused-ring (bicyclic) bond motifs is 5. The first-order valence-corrected chi connectivity index (χ1v) is 9.23. The quantitative estimate of drug-likeness (QED) is 0.723. The number of rotatable bonds is 0. The smallest absolute Gasteiger partial charge is 0.133 e. The molecule has 0 aliphatic heterocycles. The minimum atomic E-state index is -0.620. The number of aliphatic hydroxyl groups is 2. The van der Waals surface area contributed by atoms with E-state index in [9.17, 15) is 15.0 Å². The summed E-state index contributed by atoms with van der Waals surface area (Å²) in [6.45, 7) is 4.50. The van der Waals surface area contributed by atoms with Gasteiger partial charge in [-0.25, -0.2) is 0 Å². The molecule has 4 saturated carbocycles. The molecule has 124 valence electrons. The van der Waals surface area contributed by atoms with Gasteiger partial charge in [-0.15, -0.1) is 0 Å². The van der Waals surface area contributed by atoms with Gasteiger partial charge in [0.25, 0.3) is 0 Å². The van der Waals surface area contributed by atoms with Crippen LogP contribution in [0, 0.1) is 28.6 Å². The molecule has 0 spiro atoms. The van der Waals surface area contributed by atoms with Crippen LogP contribution in [0.2, 0.25) is 0 Å². The maximum atomic E-state index is 11.9. The first-order chi connectivity index (χ1) is 10.3. The Morgan fingerprint density at radius 1 is 1.00 bits per heavy atom. The van der Waals surface area contributed by atoms with Crippen molar-refractivity contribution in [2.45, 2.75) is 83.3 Å². The molecule has 4 aliphatic carbocycles. The molecule has 22 heavy (non-hydrogen) atoms. The van der Waals surface area contributed by atoms with E-state index in [0.717, 1.165) is 44.9 Å². The normalized spacial score (nSPS) is 57.9. The number of carbonyl (C=O) groups is 1. The molecule has 0 bridgehead atoms. The SMILES string of the molecule is C[C@]12CC[C@@]3(O)[C@H](CC[C@H]4CC(=O)CC[C@@]43C)[C@H]1CC[C@H]2O. The summed E-state index contributed by atoms with van der Waals surface area (Å²) in [5, 5.41) is 22.2. The molecule has 4 aliphatic rings. The summed E-state index contributed by atoms with van der Waals surface area (Å²) in [6.07, 6.45) is 7.80. The van der Waals surface area contributed by atoms with E-state index in [2.05, 4.69) is 13.8 Å². The number of Topliss-reactive ketones (excluding diaryl/α,β-unsaturated/α-hetero) is 1. The largest absolute Gasteiger partial charge is 0.393 e. The second-order valence-corrected chi connectivity index (χ2v) is 9.17. The zero-order valence-electron chi connectivity index (χ0n) is 14.0. The van der Waals surface area contributed by atoms with Crippen molar-refractivity contribution in [1.82, 2.24) is 0 Å². The van der Waals surface area contributed by atoms with Crippen LogP contribution in [0.1, 0.15) is 71.6 Å². The fraction of sp³-hybridized carbons (Fsp3) is 0.947. The van der Waals surface area contributed by atoms with Gasteiger partial charge in [-0.05, 0) is 68.1 Å². The minimum Gasteiger partial charge on any atom is -0.393 e. The fourth-order valence-electron chi connectivity index (χ4n) is 6.96. The average Bonchev–Trinajstić information content (AvgIpc) is 2.77. The molecule has 0 aromatic carbocycles. The van der Waals surface area contributed by atoms with Crippen molar-refractivity contribution in [3.8, 4) is 0 Å². The summed E-state index contributed by atoms with van der Waals surface area (Å²) < 4.78 is 0. The zero-order valence-corrected chi connectivity index (χ0v) is 14.0. The van der Waals surface area contributed by atoms with Gasteiger partial charge in [0.15, 0.2) is 0 Å². The van der Waals surface area contributed by atoms with Crippen LogP contribution in [-0.4, -0.2) is 27.7 Å². The molecule has 0 heterocycles. The molecular formula is C19H30O3. The van der Waals surface area contributed by atoms with Gasteiger partial charge >= 0.3 is 0 Å². The Hall–Kier alpha value is -0.410. The van der Waals surface area contributed by atoms with Gasteiger partial charge in [-0.2, -0.15) is 0 Å². The van der Waals surface area contributed by atoms with Crippen LogP contribution >= 0.6 is 0 Å². The number of hydrogen-bond acceptors (Lipinski definition) is 3. The average molecular weight is 306 g/mol. The van der Waals surface area contributed by atoms with E-state index >= 15 is 0 Å². The maximum absolute atomic E-state index is 11.9. The lowest BCUT2D eigenvalue weighted by molar-refractivity contribution is -0.235. The molecule has 4 fully saturated rings. The number of hydrogen-bond donors (Lipinski definition) is 2. The molecule has 3 heteroatoms. The van der Waals surface area contributed by atoms with E-state index < -0.39 is 5.60 Å². The van der Waals surface area contributed by atoms with Crippen LogP contribution in [-0.2, 0) is 4.79 Å². The summed E-state index contributed by atoms with van der Waals surface area (Å²) in [5.74, 6) is 1.53. The van der Waals surface area contributed by atoms with Crippen LogP contribution in [0.3, 0.4) is 0 Å². The van der Waals surface area contributed by atoms with Crippen LogP contribution in [0.5, 0.6) is 0 Å². The highest BCUT2D eigenvalue weighted by Gasteiger charge is 2.66. The van der Waals surface area contributed by atoms with Crippen molar-refractivity contribution < 1.29 is 15.0 Å². The topological polar surface area (TPSA) is 57.5 Å². The Kier molecular flexibility index (Phi) is 3.14. The summed E-state index contributed by atoms with van der Waals surface area (Å²) in [6, 6.07) is 0. The standard InChI is InChI=1S/C19H30O3/c1-17-9-10-19(22)15(14(17)5-6-16(17)21)4-3-12-11-13(20)7-8-18(12,19)2/h12,14-16,21-22H,3-11H2,1-2H3/t12-,14+,15+,16+,17-,18-,19+/m0/s1. The van der Waals surface area contributed by atoms with Crippen molar-refractivity contribution in [1.29, 1.82) is 0 Å². The van der Waals surface area contributed by atoms with Gasteiger partial charge < -0.3 is 10.2 Å². The van der Waals surface area contributed by atoms with Crippen molar-refractivity contribution in [3.63, 3.8) is 0 Å². The third-order valence-electron chi connectivity index (χ3n) is 8.62. The Bertz CT molecular complexity index is 503. The Morgan fingerprint density at radius 3 is 2.50 bits per heavy atom. The van der Waals surface area contributed by atoms with E-state index in [1.807, 2.05) is 0 Å². The number of aliphatic hydroxyl groups excluding tert-OH is 1. The van der Waals surface area contributed by atoms with Gasteiger partial charge in [0, 0.05) is 18.3 Å². The first-order valence-electron chi connectivity index (χ1n) is 9.23. The lowest BCUT2D eigenvalue weighted by atomic mass is 9.43. The molecule has 4 rings (SSSR count). The van der Waals surface area contributed by atoms with Crippen LogP contribution < -0.4 is 0 Å². The lowest BCUT2D eigenvalue weighted by Crippen LogP contribution is -2.65. The zero-order chi connectivity index (χ0) is 15.8. The molecule has 0 aromatic heterocycles. The molecular weight excluding hydrogens is 276 g/mol. The van der Waals surface area contributed by atoms with E-state index in [1.54, 1.807) is 0 Å². The van der Waals surface area contributed by atoms with Crippen molar-refractivity contribution in [2.75, 3.05) is 0 Å². The second kappa shape index (κ2) is 4.57. The Labute approximate surface area is 133 Å². The van der Waals surface area contributed by atoms with Crippen molar-refractivity contribution in [3.05, 3.63) is 0 Å². The maximum Gasteiger partial charge on any atom is 0.133 e. The molecule has 0 aromatic rings. The van der Waals surface area contributed by atoms with Crippen LogP contribution in [0.15, 0.2) is 0 Å². The highest BCUT2D eigenvalue weighted by atomic mass is 16.3. The summed E-state index contributed by atoms with van der Waals surface area (Å²) in [5.41, 5.74) is -0.714. The van der Waals surface area contributed by atoms with Gasteiger partial charge in [-0.3, -0.25) is 4.79 Å². The number of carbonyl (C=O) groups excluding carboxylic acids is 1. The molecule has 2 N–H and O–H groups in total. The van der Waals surface area contributed by atoms with Crippen molar-refractivity contribution in [2.24, 2.45) is 28.6 Å². The van der Waals surface area contributed by atoms with Gasteiger partial charge in [-0.1, -0.05) is 13.8 Å². The fourth-order valence-corrected chi connectivity index (χ4v) is 6.96. The van der Waals surface area contributed by atoms with Crippen LogP contribution in [0.25, 0.3) is 0 Å². The molecule has 0 radical (unpaired) electrons.